The molecule has 1 aromatic rings. The molecular weight excluding hydrogens is 214 g/mol. The van der Waals surface area contributed by atoms with Crippen molar-refractivity contribution in [2.45, 2.75) is 46.1 Å². The maximum absolute atomic E-state index is 11.8. The molecule has 94 valence electrons. The Kier molecular flexibility index (Phi) is 3.50. The molecule has 1 unspecified atom stereocenters. The van der Waals surface area contributed by atoms with Gasteiger partial charge in [-0.25, -0.2) is 4.98 Å². The predicted octanol–water partition coefficient (Wildman–Crippen LogP) is 1.78. The molecule has 0 aliphatic carbocycles. The third-order valence-corrected chi connectivity index (χ3v) is 3.45. The minimum atomic E-state index is -0.0507. The number of carbonyl (C=O) groups is 1. The van der Waals surface area contributed by atoms with Crippen molar-refractivity contribution >= 4 is 5.91 Å². The van der Waals surface area contributed by atoms with Gasteiger partial charge in [-0.2, -0.15) is 0 Å². The normalized spacial score (nSPS) is 18.9. The van der Waals surface area contributed by atoms with Crippen molar-refractivity contribution in [2.24, 2.45) is 5.92 Å². The number of hydrogen-bond donors (Lipinski definition) is 1. The first-order valence-electron chi connectivity index (χ1n) is 6.47. The van der Waals surface area contributed by atoms with E-state index in [1.807, 2.05) is 0 Å². The van der Waals surface area contributed by atoms with E-state index in [0.717, 1.165) is 37.3 Å². The largest absolute Gasteiger partial charge is 0.354 e. The molecule has 2 rings (SSSR count). The van der Waals surface area contributed by atoms with Crippen LogP contribution >= 0.6 is 0 Å². The number of rotatable bonds is 3. The van der Waals surface area contributed by atoms with Crippen LogP contribution in [0, 0.1) is 5.92 Å². The van der Waals surface area contributed by atoms with Crippen LogP contribution in [0.2, 0.25) is 0 Å². The number of aryl methyl sites for hydroxylation is 1. The monoisotopic (exact) mass is 235 g/mol. The summed E-state index contributed by atoms with van der Waals surface area (Å²) in [5.41, 5.74) is 1.77. The molecular formula is C13H21N3O. The SMILES string of the molecule is CCCc1nc(C(=O)NC)c2n1CCC(C)C2. The molecule has 0 bridgehead atoms. The minimum absolute atomic E-state index is 0.0507. The van der Waals surface area contributed by atoms with E-state index in [9.17, 15) is 4.79 Å². The van der Waals surface area contributed by atoms with Crippen LogP contribution in [-0.2, 0) is 19.4 Å². The molecule has 0 radical (unpaired) electrons. The summed E-state index contributed by atoms with van der Waals surface area (Å²) in [6.07, 6.45) is 4.18. The molecule has 1 atom stereocenters. The fourth-order valence-electron chi connectivity index (χ4n) is 2.50. The second-order valence-electron chi connectivity index (χ2n) is 4.90. The number of nitrogens with one attached hydrogen (secondary N) is 1. The second kappa shape index (κ2) is 4.90. The zero-order valence-corrected chi connectivity index (χ0v) is 10.9. The lowest BCUT2D eigenvalue weighted by Crippen LogP contribution is -2.24. The van der Waals surface area contributed by atoms with E-state index in [1.165, 1.54) is 6.42 Å². The van der Waals surface area contributed by atoms with Gasteiger partial charge in [0.15, 0.2) is 0 Å². The van der Waals surface area contributed by atoms with Crippen molar-refractivity contribution < 1.29 is 4.79 Å². The smallest absolute Gasteiger partial charge is 0.271 e. The number of hydrogen-bond acceptors (Lipinski definition) is 2. The maximum Gasteiger partial charge on any atom is 0.271 e. The Morgan fingerprint density at radius 3 is 3.00 bits per heavy atom. The number of aromatic nitrogens is 2. The van der Waals surface area contributed by atoms with E-state index in [2.05, 4.69) is 28.7 Å². The van der Waals surface area contributed by atoms with Crippen LogP contribution in [0.3, 0.4) is 0 Å². The summed E-state index contributed by atoms with van der Waals surface area (Å²) in [5.74, 6) is 1.68. The molecule has 0 saturated heterocycles. The lowest BCUT2D eigenvalue weighted by molar-refractivity contribution is 0.0957. The summed E-state index contributed by atoms with van der Waals surface area (Å²) in [6.45, 7) is 5.39. The van der Waals surface area contributed by atoms with Gasteiger partial charge < -0.3 is 9.88 Å². The van der Waals surface area contributed by atoms with E-state index >= 15 is 0 Å². The molecule has 1 N–H and O–H groups in total. The van der Waals surface area contributed by atoms with E-state index in [-0.39, 0.29) is 5.91 Å². The summed E-state index contributed by atoms with van der Waals surface area (Å²) in [7, 11) is 1.67. The van der Waals surface area contributed by atoms with E-state index in [0.29, 0.717) is 11.6 Å². The van der Waals surface area contributed by atoms with Crippen LogP contribution in [0.1, 0.15) is 48.7 Å². The van der Waals surface area contributed by atoms with Crippen LogP contribution in [0.15, 0.2) is 0 Å². The third-order valence-electron chi connectivity index (χ3n) is 3.45. The predicted molar refractivity (Wildman–Crippen MR) is 67.1 cm³/mol. The molecule has 1 amide bonds. The Labute approximate surface area is 102 Å². The van der Waals surface area contributed by atoms with Gasteiger partial charge in [0.25, 0.3) is 5.91 Å². The number of amides is 1. The Morgan fingerprint density at radius 1 is 1.59 bits per heavy atom. The van der Waals surface area contributed by atoms with E-state index in [1.54, 1.807) is 7.05 Å². The zero-order valence-electron chi connectivity index (χ0n) is 10.9. The summed E-state index contributed by atoms with van der Waals surface area (Å²) >= 11 is 0. The highest BCUT2D eigenvalue weighted by atomic mass is 16.1. The van der Waals surface area contributed by atoms with Gasteiger partial charge in [0, 0.05) is 20.0 Å². The molecule has 2 heterocycles. The van der Waals surface area contributed by atoms with E-state index < -0.39 is 0 Å². The highest BCUT2D eigenvalue weighted by Crippen LogP contribution is 2.25. The van der Waals surface area contributed by atoms with Crippen LogP contribution in [0.4, 0.5) is 0 Å². The van der Waals surface area contributed by atoms with Gasteiger partial charge in [0.05, 0.1) is 5.69 Å². The minimum Gasteiger partial charge on any atom is -0.354 e. The van der Waals surface area contributed by atoms with Crippen LogP contribution in [-0.4, -0.2) is 22.5 Å². The fourth-order valence-corrected chi connectivity index (χ4v) is 2.50. The standard InChI is InChI=1S/C13H21N3O/c1-4-5-11-15-12(13(17)14-3)10-8-9(2)6-7-16(10)11/h9H,4-8H2,1-3H3,(H,14,17). The van der Waals surface area contributed by atoms with Gasteiger partial charge in [-0.1, -0.05) is 13.8 Å². The quantitative estimate of drug-likeness (QED) is 0.868. The number of carbonyl (C=O) groups excluding carboxylic acids is 1. The number of fused-ring (bicyclic) bond motifs is 1. The van der Waals surface area contributed by atoms with Crippen LogP contribution in [0.25, 0.3) is 0 Å². The molecule has 4 nitrogen and oxygen atoms in total. The molecule has 0 saturated carbocycles. The highest BCUT2D eigenvalue weighted by Gasteiger charge is 2.25. The molecule has 1 aliphatic rings. The Hall–Kier alpha value is -1.32. The average Bonchev–Trinajstić information content (AvgIpc) is 2.67. The molecule has 1 aromatic heterocycles. The molecule has 17 heavy (non-hydrogen) atoms. The molecule has 0 fully saturated rings. The fraction of sp³-hybridized carbons (Fsp3) is 0.692. The van der Waals surface area contributed by atoms with Gasteiger partial charge >= 0.3 is 0 Å². The summed E-state index contributed by atoms with van der Waals surface area (Å²) in [4.78, 5) is 16.4. The number of nitrogens with zero attached hydrogens (tertiary/aromatic N) is 2. The first-order valence-corrected chi connectivity index (χ1v) is 6.47. The van der Waals surface area contributed by atoms with E-state index in [4.69, 9.17) is 0 Å². The summed E-state index contributed by atoms with van der Waals surface area (Å²) in [6, 6.07) is 0. The van der Waals surface area contributed by atoms with Crippen molar-refractivity contribution in [3.63, 3.8) is 0 Å². The van der Waals surface area contributed by atoms with Gasteiger partial charge in [-0.3, -0.25) is 4.79 Å². The van der Waals surface area contributed by atoms with Crippen molar-refractivity contribution in [3.8, 4) is 0 Å². The highest BCUT2D eigenvalue weighted by molar-refractivity contribution is 5.93. The zero-order chi connectivity index (χ0) is 12.4. The Morgan fingerprint density at radius 2 is 2.35 bits per heavy atom. The Bertz CT molecular complexity index is 423. The van der Waals surface area contributed by atoms with Crippen molar-refractivity contribution in [1.29, 1.82) is 0 Å². The second-order valence-corrected chi connectivity index (χ2v) is 4.90. The van der Waals surface area contributed by atoms with Gasteiger partial charge in [0.1, 0.15) is 11.5 Å². The summed E-state index contributed by atoms with van der Waals surface area (Å²) < 4.78 is 2.26. The van der Waals surface area contributed by atoms with Crippen molar-refractivity contribution in [3.05, 3.63) is 17.2 Å². The average molecular weight is 235 g/mol. The van der Waals surface area contributed by atoms with Gasteiger partial charge in [-0.15, -0.1) is 0 Å². The summed E-state index contributed by atoms with van der Waals surface area (Å²) in [5, 5.41) is 2.69. The van der Waals surface area contributed by atoms with Crippen LogP contribution < -0.4 is 5.32 Å². The Balaban J connectivity index is 2.42. The van der Waals surface area contributed by atoms with Gasteiger partial charge in [-0.05, 0) is 25.2 Å². The topological polar surface area (TPSA) is 46.9 Å². The molecule has 1 aliphatic heterocycles. The van der Waals surface area contributed by atoms with Crippen molar-refractivity contribution in [2.75, 3.05) is 7.05 Å². The molecule has 0 aromatic carbocycles. The first kappa shape index (κ1) is 12.1. The molecule has 4 heteroatoms. The third kappa shape index (κ3) is 2.21. The lowest BCUT2D eigenvalue weighted by Gasteiger charge is -2.22. The molecule has 0 spiro atoms. The first-order chi connectivity index (χ1) is 8.17. The lowest BCUT2D eigenvalue weighted by atomic mass is 9.97. The maximum atomic E-state index is 11.8. The van der Waals surface area contributed by atoms with Crippen molar-refractivity contribution in [1.82, 2.24) is 14.9 Å². The number of imidazole rings is 1. The van der Waals surface area contributed by atoms with Crippen LogP contribution in [0.5, 0.6) is 0 Å². The van der Waals surface area contributed by atoms with Gasteiger partial charge in [0.2, 0.25) is 0 Å².